The van der Waals surface area contributed by atoms with Gasteiger partial charge in [-0.15, -0.1) is 11.6 Å². The fourth-order valence-corrected chi connectivity index (χ4v) is 1.99. The van der Waals surface area contributed by atoms with Crippen LogP contribution in [-0.4, -0.2) is 17.4 Å². The van der Waals surface area contributed by atoms with Crippen LogP contribution in [-0.2, 0) is 0 Å². The molecule has 0 fully saturated rings. The lowest BCUT2D eigenvalue weighted by Gasteiger charge is -2.05. The monoisotopic (exact) mass is 180 g/mol. The van der Waals surface area contributed by atoms with Gasteiger partial charge in [0.1, 0.15) is 0 Å². The first kappa shape index (κ1) is 10.6. The Morgan fingerprint density at radius 3 is 2.70 bits per heavy atom. The van der Waals surface area contributed by atoms with Crippen molar-refractivity contribution < 1.29 is 0 Å². The summed E-state index contributed by atoms with van der Waals surface area (Å²) in [6, 6.07) is 0. The minimum absolute atomic E-state index is 0.684. The van der Waals surface area contributed by atoms with Crippen LogP contribution < -0.4 is 0 Å². The van der Waals surface area contributed by atoms with Crippen molar-refractivity contribution in [3.8, 4) is 0 Å². The van der Waals surface area contributed by atoms with Gasteiger partial charge in [-0.25, -0.2) is 0 Å². The molecule has 0 radical (unpaired) electrons. The molecule has 0 aliphatic heterocycles. The summed E-state index contributed by atoms with van der Waals surface area (Å²) in [7, 11) is 0. The Hall–Kier alpha value is 0.640. The Morgan fingerprint density at radius 1 is 1.50 bits per heavy atom. The summed E-state index contributed by atoms with van der Waals surface area (Å²) in [5, 5.41) is 0. The van der Waals surface area contributed by atoms with E-state index >= 15 is 0 Å². The van der Waals surface area contributed by atoms with Gasteiger partial charge in [0.25, 0.3) is 0 Å². The van der Waals surface area contributed by atoms with Gasteiger partial charge in [0.05, 0.1) is 0 Å². The Labute approximate surface area is 73.7 Å². The topological polar surface area (TPSA) is 0 Å². The van der Waals surface area contributed by atoms with Crippen molar-refractivity contribution in [1.82, 2.24) is 0 Å². The standard InChI is InChI=1S/C8H17ClS/c1-3-4-5-10-7-8(2)6-9/h8H,3-7H2,1-2H3. The molecule has 0 aromatic heterocycles. The molecular formula is C8H17ClS. The first-order valence-corrected chi connectivity index (χ1v) is 5.63. The SMILES string of the molecule is CCCCSCC(C)CCl. The summed E-state index contributed by atoms with van der Waals surface area (Å²) in [5.74, 6) is 4.02. The molecule has 0 amide bonds. The van der Waals surface area contributed by atoms with Crippen molar-refractivity contribution in [3.05, 3.63) is 0 Å². The van der Waals surface area contributed by atoms with Crippen molar-refractivity contribution in [1.29, 1.82) is 0 Å². The van der Waals surface area contributed by atoms with Crippen LogP contribution in [0.5, 0.6) is 0 Å². The summed E-state index contributed by atoms with van der Waals surface area (Å²) >= 11 is 7.68. The number of alkyl halides is 1. The average molecular weight is 181 g/mol. The van der Waals surface area contributed by atoms with Gasteiger partial charge in [0, 0.05) is 5.88 Å². The molecular weight excluding hydrogens is 164 g/mol. The Balaban J connectivity index is 2.89. The second-order valence-corrected chi connectivity index (χ2v) is 4.15. The maximum atomic E-state index is 5.65. The normalized spacial score (nSPS) is 13.5. The minimum Gasteiger partial charge on any atom is -0.162 e. The first-order valence-electron chi connectivity index (χ1n) is 3.95. The molecule has 0 aromatic carbocycles. The molecule has 0 aliphatic carbocycles. The summed E-state index contributed by atoms with van der Waals surface area (Å²) in [6.45, 7) is 4.43. The fourth-order valence-electron chi connectivity index (χ4n) is 0.575. The summed E-state index contributed by atoms with van der Waals surface area (Å²) in [6.07, 6.45) is 2.65. The van der Waals surface area contributed by atoms with E-state index in [0.717, 1.165) is 5.88 Å². The highest BCUT2D eigenvalue weighted by atomic mass is 35.5. The zero-order valence-electron chi connectivity index (χ0n) is 6.90. The largest absolute Gasteiger partial charge is 0.162 e. The molecule has 0 heterocycles. The first-order chi connectivity index (χ1) is 4.81. The van der Waals surface area contributed by atoms with E-state index in [2.05, 4.69) is 13.8 Å². The van der Waals surface area contributed by atoms with Crippen LogP contribution in [0.2, 0.25) is 0 Å². The Kier molecular flexibility index (Phi) is 8.24. The van der Waals surface area contributed by atoms with Gasteiger partial charge >= 0.3 is 0 Å². The highest BCUT2D eigenvalue weighted by Gasteiger charge is 1.98. The zero-order valence-corrected chi connectivity index (χ0v) is 8.47. The van der Waals surface area contributed by atoms with Crippen LogP contribution >= 0.6 is 23.4 Å². The van der Waals surface area contributed by atoms with Crippen LogP contribution in [0.3, 0.4) is 0 Å². The average Bonchev–Trinajstić information content (AvgIpc) is 1.98. The van der Waals surface area contributed by atoms with Gasteiger partial charge in [-0.05, 0) is 23.8 Å². The Morgan fingerprint density at radius 2 is 2.20 bits per heavy atom. The van der Waals surface area contributed by atoms with Gasteiger partial charge in [-0.3, -0.25) is 0 Å². The molecule has 1 unspecified atom stereocenters. The maximum absolute atomic E-state index is 5.65. The predicted molar refractivity (Wildman–Crippen MR) is 52.1 cm³/mol. The number of rotatable bonds is 6. The van der Waals surface area contributed by atoms with E-state index in [4.69, 9.17) is 11.6 Å². The molecule has 0 rings (SSSR count). The smallest absolute Gasteiger partial charge is 0.0257 e. The molecule has 62 valence electrons. The summed E-state index contributed by atoms with van der Waals surface area (Å²) in [5.41, 5.74) is 0. The van der Waals surface area contributed by atoms with Crippen molar-refractivity contribution >= 4 is 23.4 Å². The molecule has 0 aromatic rings. The molecule has 0 saturated carbocycles. The number of hydrogen-bond donors (Lipinski definition) is 0. The van der Waals surface area contributed by atoms with Crippen molar-refractivity contribution in [3.63, 3.8) is 0 Å². The highest BCUT2D eigenvalue weighted by Crippen LogP contribution is 2.11. The highest BCUT2D eigenvalue weighted by molar-refractivity contribution is 7.99. The van der Waals surface area contributed by atoms with Gasteiger partial charge in [-0.1, -0.05) is 20.3 Å². The van der Waals surface area contributed by atoms with Crippen LogP contribution in [0.15, 0.2) is 0 Å². The van der Waals surface area contributed by atoms with E-state index in [-0.39, 0.29) is 0 Å². The number of hydrogen-bond acceptors (Lipinski definition) is 1. The second kappa shape index (κ2) is 7.74. The quantitative estimate of drug-likeness (QED) is 0.446. The van der Waals surface area contributed by atoms with Crippen LogP contribution in [0.1, 0.15) is 26.7 Å². The Bertz CT molecular complexity index is 66.3. The molecule has 0 aliphatic rings. The molecule has 2 heteroatoms. The molecule has 0 spiro atoms. The zero-order chi connectivity index (χ0) is 7.82. The van der Waals surface area contributed by atoms with Gasteiger partial charge in [-0.2, -0.15) is 11.8 Å². The third kappa shape index (κ3) is 6.76. The molecule has 0 N–H and O–H groups in total. The summed E-state index contributed by atoms with van der Waals surface area (Å²) < 4.78 is 0. The number of thioether (sulfide) groups is 1. The fraction of sp³-hybridized carbons (Fsp3) is 1.00. The van der Waals surface area contributed by atoms with Gasteiger partial charge < -0.3 is 0 Å². The lowest BCUT2D eigenvalue weighted by Crippen LogP contribution is -1.99. The third-order valence-corrected chi connectivity index (χ3v) is 3.22. The van der Waals surface area contributed by atoms with E-state index in [1.165, 1.54) is 24.3 Å². The predicted octanol–water partition coefficient (Wildman–Crippen LogP) is 3.39. The van der Waals surface area contributed by atoms with E-state index in [0.29, 0.717) is 5.92 Å². The van der Waals surface area contributed by atoms with E-state index < -0.39 is 0 Å². The van der Waals surface area contributed by atoms with E-state index in [9.17, 15) is 0 Å². The van der Waals surface area contributed by atoms with Crippen LogP contribution in [0.4, 0.5) is 0 Å². The number of unbranched alkanes of at least 4 members (excludes halogenated alkanes) is 1. The second-order valence-electron chi connectivity index (χ2n) is 2.69. The van der Waals surface area contributed by atoms with Gasteiger partial charge in [0.2, 0.25) is 0 Å². The lowest BCUT2D eigenvalue weighted by atomic mass is 10.3. The molecule has 0 bridgehead atoms. The molecule has 0 nitrogen and oxygen atoms in total. The van der Waals surface area contributed by atoms with Gasteiger partial charge in [0.15, 0.2) is 0 Å². The van der Waals surface area contributed by atoms with E-state index in [1.54, 1.807) is 0 Å². The van der Waals surface area contributed by atoms with Crippen LogP contribution in [0, 0.1) is 5.92 Å². The molecule has 1 atom stereocenters. The van der Waals surface area contributed by atoms with Crippen LogP contribution in [0.25, 0.3) is 0 Å². The lowest BCUT2D eigenvalue weighted by molar-refractivity contribution is 0.757. The molecule has 0 saturated heterocycles. The van der Waals surface area contributed by atoms with Crippen molar-refractivity contribution in [2.24, 2.45) is 5.92 Å². The van der Waals surface area contributed by atoms with Crippen molar-refractivity contribution in [2.75, 3.05) is 17.4 Å². The number of halogens is 1. The minimum atomic E-state index is 0.684. The third-order valence-electron chi connectivity index (χ3n) is 1.31. The van der Waals surface area contributed by atoms with E-state index in [1.807, 2.05) is 11.8 Å². The molecule has 10 heavy (non-hydrogen) atoms. The van der Waals surface area contributed by atoms with Crippen molar-refractivity contribution in [2.45, 2.75) is 26.7 Å². The summed E-state index contributed by atoms with van der Waals surface area (Å²) in [4.78, 5) is 0. The maximum Gasteiger partial charge on any atom is 0.0257 e.